The van der Waals surface area contributed by atoms with Crippen molar-refractivity contribution in [2.75, 3.05) is 19.6 Å². The van der Waals surface area contributed by atoms with Crippen molar-refractivity contribution >= 4 is 133 Å². The molecule has 0 N–H and O–H groups in total. The lowest BCUT2D eigenvalue weighted by Gasteiger charge is -2.35. The summed E-state index contributed by atoms with van der Waals surface area (Å²) in [5.74, 6) is 0. The molecule has 20 aromatic carbocycles. The molecule has 0 unspecified atom stereocenters. The number of rotatable bonds is 16. The Morgan fingerprint density at radius 2 is 0.435 bits per heavy atom. The van der Waals surface area contributed by atoms with E-state index in [1.807, 2.05) is 0 Å². The Balaban J connectivity index is 0.918. The number of hydrogen-bond donors (Lipinski definition) is 0. The van der Waals surface area contributed by atoms with Gasteiger partial charge in [-0.25, -0.2) is 0 Å². The first kappa shape index (κ1) is 68.2. The van der Waals surface area contributed by atoms with E-state index in [0.717, 1.165) is 161 Å². The van der Waals surface area contributed by atoms with Gasteiger partial charge in [-0.3, -0.25) is 0 Å². The second kappa shape index (κ2) is 28.5. The Bertz CT molecular complexity index is 7130. The standard InChI is InChI=1S/C111H78N4/c1-111(2)103-72-92(113(106-60-28-44-80-40-16-20-56-94(80)106)88-52-24-48-84(68-88)76-33-9-4-10-34-76)63-65-97(103)99-73-101-102(74-104(99)111)109(114(107-61-29-45-81-41-17-21-57-95(81)107)89-53-25-49-85(69-89)77-35-11-5-12-36-77)98-66-64-91(112(105-59-27-43-79-39-15-19-55-93(79)105)87-51-23-47-83(67-87)75-31-7-3-8-32-75)71-100(98)110(101)115(108-62-30-46-82-42-18-22-58-96(82)108)90-54-26-50-86(70-90)78-37-13-6-14-38-78/h3-74H,1-2H3. The van der Waals surface area contributed by atoms with E-state index in [0.29, 0.717) is 0 Å². The molecule has 1 aliphatic carbocycles. The highest BCUT2D eigenvalue weighted by Crippen LogP contribution is 2.60. The predicted octanol–water partition coefficient (Wildman–Crippen LogP) is 31.5. The van der Waals surface area contributed by atoms with E-state index in [2.05, 4.69) is 470 Å². The van der Waals surface area contributed by atoms with Crippen LogP contribution in [0.25, 0.3) is 120 Å². The van der Waals surface area contributed by atoms with E-state index >= 15 is 0 Å². The summed E-state index contributed by atoms with van der Waals surface area (Å²) < 4.78 is 0. The molecule has 0 heterocycles. The predicted molar refractivity (Wildman–Crippen MR) is 490 cm³/mol. The monoisotopic (exact) mass is 1470 g/mol. The van der Waals surface area contributed by atoms with E-state index in [1.54, 1.807) is 0 Å². The highest BCUT2D eigenvalue weighted by molar-refractivity contribution is 6.27. The summed E-state index contributed by atoms with van der Waals surface area (Å²) in [6.45, 7) is 4.91. The largest absolute Gasteiger partial charge is 0.310 e. The zero-order valence-corrected chi connectivity index (χ0v) is 63.9. The van der Waals surface area contributed by atoms with Crippen molar-refractivity contribution in [1.29, 1.82) is 0 Å². The summed E-state index contributed by atoms with van der Waals surface area (Å²) >= 11 is 0. The molecule has 115 heavy (non-hydrogen) atoms. The number of benzene rings is 20. The molecule has 542 valence electrons. The SMILES string of the molecule is CC1(C)c2cc(N(c3cccc(-c4ccccc4)c3)c3cccc4ccccc34)ccc2-c2cc3c(N(c4cccc(-c5ccccc5)c4)c4cccc5ccccc45)c4cc(N(c5cccc(-c6ccccc6)c5)c5cccc6ccccc56)ccc4c(N(c4cccc(-c5ccccc5)c4)c4cccc5ccccc45)c3cc21. The van der Waals surface area contributed by atoms with Crippen LogP contribution >= 0.6 is 0 Å². The van der Waals surface area contributed by atoms with Crippen molar-refractivity contribution in [1.82, 2.24) is 0 Å². The molecule has 0 aliphatic heterocycles. The molecule has 0 bridgehead atoms. The van der Waals surface area contributed by atoms with Crippen LogP contribution in [-0.2, 0) is 5.41 Å². The third-order valence-corrected chi connectivity index (χ3v) is 23.7. The van der Waals surface area contributed by atoms with Gasteiger partial charge in [-0.05, 0) is 198 Å². The fourth-order valence-corrected chi connectivity index (χ4v) is 18.2. The number of fused-ring (bicyclic) bond motifs is 9. The zero-order chi connectivity index (χ0) is 76.5. The van der Waals surface area contributed by atoms with Gasteiger partial charge in [0.25, 0.3) is 0 Å². The maximum Gasteiger partial charge on any atom is 0.0621 e. The minimum absolute atomic E-state index is 0.536. The van der Waals surface area contributed by atoms with Gasteiger partial charge in [0.1, 0.15) is 0 Å². The minimum atomic E-state index is -0.536. The number of hydrogen-bond acceptors (Lipinski definition) is 4. The van der Waals surface area contributed by atoms with Crippen LogP contribution in [0, 0.1) is 0 Å². The molecular weight excluding hydrogens is 1390 g/mol. The molecular formula is C111H78N4. The summed E-state index contributed by atoms with van der Waals surface area (Å²) in [6, 6.07) is 162. The lowest BCUT2D eigenvalue weighted by molar-refractivity contribution is 0.661. The Morgan fingerprint density at radius 1 is 0.165 bits per heavy atom. The lowest BCUT2D eigenvalue weighted by Crippen LogP contribution is -2.18. The summed E-state index contributed by atoms with van der Waals surface area (Å²) in [5.41, 5.74) is 26.2. The Kier molecular flexibility index (Phi) is 16.9. The van der Waals surface area contributed by atoms with E-state index in [1.165, 1.54) is 38.6 Å². The first-order valence-electron chi connectivity index (χ1n) is 39.8. The van der Waals surface area contributed by atoms with Gasteiger partial charge < -0.3 is 19.6 Å². The highest BCUT2D eigenvalue weighted by atomic mass is 15.2. The van der Waals surface area contributed by atoms with Crippen molar-refractivity contribution < 1.29 is 0 Å². The Labute approximate surface area is 670 Å². The molecule has 20 aromatic rings. The maximum absolute atomic E-state index is 2.62. The highest BCUT2D eigenvalue weighted by Gasteiger charge is 2.39. The van der Waals surface area contributed by atoms with Crippen LogP contribution in [0.4, 0.5) is 68.2 Å². The van der Waals surface area contributed by atoms with E-state index in [-0.39, 0.29) is 0 Å². The van der Waals surface area contributed by atoms with Crippen molar-refractivity contribution in [3.8, 4) is 55.6 Å². The average Bonchev–Trinajstić information content (AvgIpc) is 1.69. The average molecular weight is 1470 g/mol. The van der Waals surface area contributed by atoms with E-state index in [4.69, 9.17) is 0 Å². The van der Waals surface area contributed by atoms with Crippen LogP contribution in [0.15, 0.2) is 437 Å². The van der Waals surface area contributed by atoms with Gasteiger partial charge in [-0.15, -0.1) is 0 Å². The van der Waals surface area contributed by atoms with Crippen molar-refractivity contribution in [3.63, 3.8) is 0 Å². The van der Waals surface area contributed by atoms with Crippen LogP contribution in [0.2, 0.25) is 0 Å². The van der Waals surface area contributed by atoms with Crippen LogP contribution in [0.5, 0.6) is 0 Å². The number of nitrogens with zero attached hydrogens (tertiary/aromatic N) is 4. The molecule has 0 fully saturated rings. The first-order chi connectivity index (χ1) is 56.8. The van der Waals surface area contributed by atoms with Crippen LogP contribution in [-0.4, -0.2) is 0 Å². The third-order valence-electron chi connectivity index (χ3n) is 23.7. The quantitative estimate of drug-likeness (QED) is 0.0706. The third kappa shape index (κ3) is 12.0. The first-order valence-corrected chi connectivity index (χ1v) is 39.8. The van der Waals surface area contributed by atoms with Crippen molar-refractivity contribution in [2.45, 2.75) is 19.3 Å². The van der Waals surface area contributed by atoms with E-state index in [9.17, 15) is 0 Å². The zero-order valence-electron chi connectivity index (χ0n) is 63.9. The molecule has 0 aromatic heterocycles. The molecule has 0 atom stereocenters. The van der Waals surface area contributed by atoms with Gasteiger partial charge in [-0.2, -0.15) is 0 Å². The normalized spacial score (nSPS) is 12.2. The molecule has 4 heteroatoms. The van der Waals surface area contributed by atoms with Gasteiger partial charge in [0.15, 0.2) is 0 Å². The van der Waals surface area contributed by atoms with Crippen molar-refractivity contribution in [3.05, 3.63) is 448 Å². The van der Waals surface area contributed by atoms with Gasteiger partial charge in [0.05, 0.1) is 34.1 Å². The Hall–Kier alpha value is -14.8. The molecule has 4 nitrogen and oxygen atoms in total. The Morgan fingerprint density at radius 3 is 0.826 bits per heavy atom. The van der Waals surface area contributed by atoms with Gasteiger partial charge in [-0.1, -0.05) is 341 Å². The van der Waals surface area contributed by atoms with Crippen LogP contribution < -0.4 is 19.6 Å². The second-order valence-electron chi connectivity index (χ2n) is 30.7. The van der Waals surface area contributed by atoms with Gasteiger partial charge in [0.2, 0.25) is 0 Å². The number of anilines is 12. The smallest absolute Gasteiger partial charge is 0.0621 e. The summed E-state index contributed by atoms with van der Waals surface area (Å²) in [4.78, 5) is 10.2. The lowest BCUT2D eigenvalue weighted by atomic mass is 9.81. The van der Waals surface area contributed by atoms with Gasteiger partial charge in [0, 0.05) is 82.6 Å². The van der Waals surface area contributed by atoms with Gasteiger partial charge >= 0.3 is 0 Å². The molecule has 0 amide bonds. The molecule has 0 saturated carbocycles. The summed E-state index contributed by atoms with van der Waals surface area (Å²) in [7, 11) is 0. The maximum atomic E-state index is 2.62. The van der Waals surface area contributed by atoms with Crippen LogP contribution in [0.1, 0.15) is 25.0 Å². The minimum Gasteiger partial charge on any atom is -0.310 e. The molecule has 0 radical (unpaired) electrons. The summed E-state index contributed by atoms with van der Waals surface area (Å²) in [6.07, 6.45) is 0. The summed E-state index contributed by atoms with van der Waals surface area (Å²) in [5, 5.41) is 13.6. The fraction of sp³-hybridized carbons (Fsp3) is 0.0270. The van der Waals surface area contributed by atoms with Crippen LogP contribution in [0.3, 0.4) is 0 Å². The molecule has 0 saturated heterocycles. The van der Waals surface area contributed by atoms with Crippen molar-refractivity contribution in [2.24, 2.45) is 0 Å². The second-order valence-corrected chi connectivity index (χ2v) is 30.7. The fourth-order valence-electron chi connectivity index (χ4n) is 18.2. The molecule has 1 aliphatic rings. The molecule has 21 rings (SSSR count). The van der Waals surface area contributed by atoms with E-state index < -0.39 is 5.41 Å². The molecule has 0 spiro atoms. The topological polar surface area (TPSA) is 13.0 Å².